The lowest BCUT2D eigenvalue weighted by Crippen LogP contribution is -2.38. The average molecular weight is 501 g/mol. The van der Waals surface area contributed by atoms with E-state index in [1.54, 1.807) is 13.8 Å². The topological polar surface area (TPSA) is 120 Å². The maximum atomic E-state index is 12.5. The second-order valence-corrected chi connectivity index (χ2v) is 9.99. The molecule has 1 N–H and O–H groups in total. The van der Waals surface area contributed by atoms with Crippen molar-refractivity contribution >= 4 is 22.1 Å². The number of ether oxygens (including phenoxy) is 4. The van der Waals surface area contributed by atoms with Crippen molar-refractivity contribution in [2.24, 2.45) is 0 Å². The van der Waals surface area contributed by atoms with Gasteiger partial charge in [-0.25, -0.2) is 17.9 Å². The van der Waals surface area contributed by atoms with Crippen LogP contribution in [0.4, 0.5) is 4.79 Å². The van der Waals surface area contributed by atoms with Gasteiger partial charge in [-0.3, -0.25) is 9.69 Å². The van der Waals surface area contributed by atoms with E-state index in [1.165, 1.54) is 20.0 Å². The van der Waals surface area contributed by atoms with Gasteiger partial charge in [-0.05, 0) is 63.6 Å². The zero-order valence-electron chi connectivity index (χ0n) is 20.2. The number of esters is 1. The van der Waals surface area contributed by atoms with E-state index in [0.717, 1.165) is 29.1 Å². The van der Waals surface area contributed by atoms with Crippen LogP contribution in [0.5, 0.6) is 5.75 Å². The minimum atomic E-state index is -3.56. The van der Waals surface area contributed by atoms with Gasteiger partial charge >= 0.3 is 12.1 Å². The van der Waals surface area contributed by atoms with Crippen molar-refractivity contribution in [3.8, 4) is 5.75 Å². The van der Waals surface area contributed by atoms with E-state index < -0.39 is 28.1 Å². The highest BCUT2D eigenvalue weighted by Gasteiger charge is 2.20. The second-order valence-electron chi connectivity index (χ2n) is 8.12. The molecule has 1 aliphatic rings. The highest BCUT2D eigenvalue weighted by molar-refractivity contribution is 7.89. The molecule has 1 saturated carbocycles. The minimum absolute atomic E-state index is 0.0804. The number of amides is 1. The van der Waals surface area contributed by atoms with Gasteiger partial charge in [0, 0.05) is 12.6 Å². The Labute approximate surface area is 201 Å². The summed E-state index contributed by atoms with van der Waals surface area (Å²) in [5.41, 5.74) is 0.822. The first-order chi connectivity index (χ1) is 16.2. The lowest BCUT2D eigenvalue weighted by Gasteiger charge is -2.20. The summed E-state index contributed by atoms with van der Waals surface area (Å²) < 4.78 is 48.5. The zero-order chi connectivity index (χ0) is 25.0. The maximum absolute atomic E-state index is 12.5. The summed E-state index contributed by atoms with van der Waals surface area (Å²) in [4.78, 5) is 24.4. The quantitative estimate of drug-likeness (QED) is 0.235. The molecule has 1 aliphatic carbocycles. The van der Waals surface area contributed by atoms with Crippen LogP contribution in [0, 0.1) is 0 Å². The molecule has 1 atom stereocenters. The third-order valence-corrected chi connectivity index (χ3v) is 6.88. The van der Waals surface area contributed by atoms with Crippen molar-refractivity contribution in [2.45, 2.75) is 58.1 Å². The lowest BCUT2D eigenvalue weighted by molar-refractivity contribution is -0.142. The minimum Gasteiger partial charge on any atom is -0.490 e. The Hall–Kier alpha value is -2.37. The Morgan fingerprint density at radius 2 is 1.97 bits per heavy atom. The second kappa shape index (κ2) is 14.1. The fraction of sp³-hybridized carbons (Fsp3) is 0.652. The van der Waals surface area contributed by atoms with E-state index in [4.69, 9.17) is 14.2 Å². The SMILES string of the molecule is CCOC(=O)N(COCCCS(=O)(=O)N[C@H](C)c1cccc(OC2CCCC2)c1)CC(=O)OC. The number of sulfonamides is 1. The fourth-order valence-electron chi connectivity index (χ4n) is 3.58. The number of hydrogen-bond donors (Lipinski definition) is 1. The Bertz CT molecular complexity index is 887. The number of nitrogens with one attached hydrogen (secondary N) is 1. The summed E-state index contributed by atoms with van der Waals surface area (Å²) in [5.74, 6) is -0.0106. The van der Waals surface area contributed by atoms with Crippen molar-refractivity contribution in [2.75, 3.05) is 39.4 Å². The average Bonchev–Trinajstić information content (AvgIpc) is 3.30. The predicted octanol–water partition coefficient (Wildman–Crippen LogP) is 2.98. The molecule has 0 unspecified atom stereocenters. The molecule has 0 spiro atoms. The van der Waals surface area contributed by atoms with Crippen molar-refractivity contribution in [3.05, 3.63) is 29.8 Å². The first-order valence-corrected chi connectivity index (χ1v) is 13.2. The first kappa shape index (κ1) is 27.9. The van der Waals surface area contributed by atoms with Crippen molar-refractivity contribution < 1.29 is 37.0 Å². The molecule has 1 aromatic rings. The van der Waals surface area contributed by atoms with E-state index in [2.05, 4.69) is 9.46 Å². The Balaban J connectivity index is 1.78. The van der Waals surface area contributed by atoms with Crippen molar-refractivity contribution in [1.29, 1.82) is 0 Å². The summed E-state index contributed by atoms with van der Waals surface area (Å²) >= 11 is 0. The molecule has 0 heterocycles. The monoisotopic (exact) mass is 500 g/mol. The van der Waals surface area contributed by atoms with E-state index in [-0.39, 0.29) is 44.8 Å². The molecule has 0 saturated heterocycles. The molecular formula is C23H36N2O8S. The molecule has 192 valence electrons. The first-order valence-electron chi connectivity index (χ1n) is 11.6. The Kier molecular flexibility index (Phi) is 11.6. The number of rotatable bonds is 14. The van der Waals surface area contributed by atoms with Gasteiger partial charge in [-0.15, -0.1) is 0 Å². The molecule has 2 rings (SSSR count). The largest absolute Gasteiger partial charge is 0.490 e. The molecular weight excluding hydrogens is 464 g/mol. The molecule has 10 nitrogen and oxygen atoms in total. The van der Waals surface area contributed by atoms with Gasteiger partial charge in [0.25, 0.3) is 0 Å². The van der Waals surface area contributed by atoms with Gasteiger partial charge in [0.1, 0.15) is 19.0 Å². The molecule has 0 aromatic heterocycles. The fourth-order valence-corrected chi connectivity index (χ4v) is 4.87. The van der Waals surface area contributed by atoms with Gasteiger partial charge in [0.05, 0.1) is 25.6 Å². The number of nitrogens with zero attached hydrogens (tertiary/aromatic N) is 1. The van der Waals surface area contributed by atoms with Gasteiger partial charge in [0.15, 0.2) is 0 Å². The van der Waals surface area contributed by atoms with E-state index in [1.807, 2.05) is 24.3 Å². The highest BCUT2D eigenvalue weighted by atomic mass is 32.2. The van der Waals surface area contributed by atoms with Crippen molar-refractivity contribution in [3.63, 3.8) is 0 Å². The van der Waals surface area contributed by atoms with Crippen LogP contribution < -0.4 is 9.46 Å². The normalized spacial score (nSPS) is 15.0. The standard InChI is InChI=1S/C23H36N2O8S/c1-4-32-23(27)25(16-22(26)30-3)17-31-13-8-14-34(28,29)24-18(2)19-9-7-12-21(15-19)33-20-10-5-6-11-20/h7,9,12,15,18,20,24H,4-6,8,10-11,13-14,16-17H2,1-3H3/t18-/m1/s1. The van der Waals surface area contributed by atoms with E-state index in [0.29, 0.717) is 0 Å². The van der Waals surface area contributed by atoms with Crippen LogP contribution in [0.2, 0.25) is 0 Å². The Morgan fingerprint density at radius 3 is 2.65 bits per heavy atom. The number of hydrogen-bond acceptors (Lipinski definition) is 8. The van der Waals surface area contributed by atoms with Crippen LogP contribution in [0.3, 0.4) is 0 Å². The molecule has 1 aromatic carbocycles. The smallest absolute Gasteiger partial charge is 0.412 e. The summed E-state index contributed by atoms with van der Waals surface area (Å²) in [6, 6.07) is 7.07. The third-order valence-electron chi connectivity index (χ3n) is 5.34. The van der Waals surface area contributed by atoms with E-state index >= 15 is 0 Å². The Morgan fingerprint density at radius 1 is 1.24 bits per heavy atom. The third kappa shape index (κ3) is 9.86. The van der Waals surface area contributed by atoms with Crippen LogP contribution >= 0.6 is 0 Å². The van der Waals surface area contributed by atoms with Gasteiger partial charge < -0.3 is 18.9 Å². The number of benzene rings is 1. The molecule has 1 fully saturated rings. The van der Waals surface area contributed by atoms with Gasteiger partial charge in [0.2, 0.25) is 10.0 Å². The molecule has 0 aliphatic heterocycles. The summed E-state index contributed by atoms with van der Waals surface area (Å²) in [7, 11) is -2.35. The number of methoxy groups -OCH3 is 1. The van der Waals surface area contributed by atoms with Crippen LogP contribution in [0.1, 0.15) is 57.6 Å². The molecule has 34 heavy (non-hydrogen) atoms. The lowest BCUT2D eigenvalue weighted by atomic mass is 10.1. The molecule has 0 bridgehead atoms. The van der Waals surface area contributed by atoms with Crippen LogP contribution in [0.15, 0.2) is 24.3 Å². The highest BCUT2D eigenvalue weighted by Crippen LogP contribution is 2.26. The van der Waals surface area contributed by atoms with Crippen LogP contribution in [-0.2, 0) is 29.0 Å². The molecule has 0 radical (unpaired) electrons. The van der Waals surface area contributed by atoms with Gasteiger partial charge in [-0.2, -0.15) is 0 Å². The van der Waals surface area contributed by atoms with Crippen LogP contribution in [0.25, 0.3) is 0 Å². The number of carbonyl (C=O) groups is 2. The van der Waals surface area contributed by atoms with Crippen molar-refractivity contribution in [1.82, 2.24) is 9.62 Å². The maximum Gasteiger partial charge on any atom is 0.412 e. The summed E-state index contributed by atoms with van der Waals surface area (Å²) in [6.07, 6.45) is 4.18. The van der Waals surface area contributed by atoms with Gasteiger partial charge in [-0.1, -0.05) is 12.1 Å². The number of carbonyl (C=O) groups excluding carboxylic acids is 2. The van der Waals surface area contributed by atoms with E-state index in [9.17, 15) is 18.0 Å². The van der Waals surface area contributed by atoms with Crippen LogP contribution in [-0.4, -0.2) is 70.8 Å². The summed E-state index contributed by atoms with van der Waals surface area (Å²) in [6.45, 7) is 3.12. The zero-order valence-corrected chi connectivity index (χ0v) is 21.0. The predicted molar refractivity (Wildman–Crippen MR) is 126 cm³/mol. The molecule has 1 amide bonds. The molecule has 11 heteroatoms. The summed E-state index contributed by atoms with van der Waals surface area (Å²) in [5, 5.41) is 0.